The molecule has 1 aromatic carbocycles. The zero-order chi connectivity index (χ0) is 20.0. The van der Waals surface area contributed by atoms with Crippen LogP contribution in [0.25, 0.3) is 16.6 Å². The Morgan fingerprint density at radius 3 is 2.52 bits per heavy atom. The van der Waals surface area contributed by atoms with Crippen LogP contribution in [0.1, 0.15) is 27.2 Å². The monoisotopic (exact) mass is 365 g/mol. The lowest BCUT2D eigenvalue weighted by atomic mass is 10.1. The van der Waals surface area contributed by atoms with Gasteiger partial charge in [-0.1, -0.05) is 6.07 Å². The number of nitrogen functional groups attached to an aromatic ring is 1. The first-order valence-corrected chi connectivity index (χ1v) is 8.12. The molecule has 0 spiro atoms. The minimum Gasteiger partial charge on any atom is -0.496 e. The molecule has 0 aliphatic carbocycles. The van der Waals surface area contributed by atoms with E-state index >= 15 is 0 Å². The van der Waals surface area contributed by atoms with Crippen molar-refractivity contribution < 1.29 is 9.53 Å². The van der Waals surface area contributed by atoms with Gasteiger partial charge in [-0.2, -0.15) is 5.26 Å². The quantitative estimate of drug-likeness (QED) is 0.727. The highest BCUT2D eigenvalue weighted by atomic mass is 16.5. The number of nitrogens with two attached hydrogens (primary N) is 2. The van der Waals surface area contributed by atoms with Gasteiger partial charge in [0.1, 0.15) is 28.8 Å². The number of fused-ring (bicyclic) bond motifs is 1. The maximum atomic E-state index is 13.0. The summed E-state index contributed by atoms with van der Waals surface area (Å²) in [6, 6.07) is 7.05. The highest BCUT2D eigenvalue weighted by Gasteiger charge is 2.26. The van der Waals surface area contributed by atoms with E-state index in [1.54, 1.807) is 7.11 Å². The standard InChI is InChI=1S/C19H19N5O3/c1-9-5-6-13(27-4)10(2)15(9)24-16-12(14(17(24)21)18(22)25)7-11(8-20)23(3)19(16)26/h5-7H,21H2,1-4H3,(H2,22,25). The summed E-state index contributed by atoms with van der Waals surface area (Å²) in [6.45, 7) is 3.70. The maximum Gasteiger partial charge on any atom is 0.276 e. The van der Waals surface area contributed by atoms with Crippen LogP contribution in [0.2, 0.25) is 0 Å². The number of carbonyl (C=O) groups is 1. The molecule has 0 unspecified atom stereocenters. The van der Waals surface area contributed by atoms with Crippen LogP contribution in [-0.4, -0.2) is 22.2 Å². The highest BCUT2D eigenvalue weighted by molar-refractivity contribution is 6.11. The zero-order valence-corrected chi connectivity index (χ0v) is 15.5. The highest BCUT2D eigenvalue weighted by Crippen LogP contribution is 2.35. The molecule has 138 valence electrons. The topological polar surface area (TPSA) is 129 Å². The lowest BCUT2D eigenvalue weighted by molar-refractivity contribution is 0.100. The van der Waals surface area contributed by atoms with Crippen LogP contribution < -0.4 is 21.8 Å². The molecule has 2 heterocycles. The average molecular weight is 365 g/mol. The molecule has 8 heteroatoms. The van der Waals surface area contributed by atoms with E-state index in [2.05, 4.69) is 0 Å². The Hall–Kier alpha value is -3.73. The summed E-state index contributed by atoms with van der Waals surface area (Å²) in [5.41, 5.74) is 13.9. The average Bonchev–Trinajstić information content (AvgIpc) is 2.91. The molecule has 2 aromatic heterocycles. The van der Waals surface area contributed by atoms with Gasteiger partial charge >= 0.3 is 0 Å². The maximum absolute atomic E-state index is 13.0. The molecule has 27 heavy (non-hydrogen) atoms. The van der Waals surface area contributed by atoms with Crippen molar-refractivity contribution in [2.45, 2.75) is 13.8 Å². The molecule has 0 bridgehead atoms. The zero-order valence-electron chi connectivity index (χ0n) is 15.5. The normalized spacial score (nSPS) is 10.8. The molecule has 3 rings (SSSR count). The molecular weight excluding hydrogens is 346 g/mol. The Morgan fingerprint density at radius 1 is 1.30 bits per heavy atom. The molecule has 0 saturated heterocycles. The van der Waals surface area contributed by atoms with Gasteiger partial charge in [-0.25, -0.2) is 0 Å². The van der Waals surface area contributed by atoms with Crippen molar-refractivity contribution in [3.05, 3.63) is 50.9 Å². The van der Waals surface area contributed by atoms with Crippen molar-refractivity contribution in [1.82, 2.24) is 9.13 Å². The summed E-state index contributed by atoms with van der Waals surface area (Å²) in [4.78, 5) is 25.1. The number of anilines is 1. The third-order valence-corrected chi connectivity index (χ3v) is 4.78. The van der Waals surface area contributed by atoms with Gasteiger partial charge in [-0.3, -0.25) is 14.2 Å². The third kappa shape index (κ3) is 2.44. The van der Waals surface area contributed by atoms with Gasteiger partial charge in [0.15, 0.2) is 0 Å². The number of rotatable bonds is 3. The first kappa shape index (κ1) is 18.1. The molecular formula is C19H19N5O3. The SMILES string of the molecule is COc1ccc(C)c(-n2c(N)c(C(N)=O)c3cc(C#N)n(C)c(=O)c32)c1C. The predicted octanol–water partition coefficient (Wildman–Crippen LogP) is 1.51. The minimum absolute atomic E-state index is 0.0146. The van der Waals surface area contributed by atoms with Crippen LogP contribution in [0, 0.1) is 25.2 Å². The summed E-state index contributed by atoms with van der Waals surface area (Å²) < 4.78 is 8.12. The van der Waals surface area contributed by atoms with Gasteiger partial charge in [0, 0.05) is 18.0 Å². The fraction of sp³-hybridized carbons (Fsp3) is 0.211. The van der Waals surface area contributed by atoms with Crippen LogP contribution in [0.4, 0.5) is 5.82 Å². The number of hydrogen-bond acceptors (Lipinski definition) is 5. The van der Waals surface area contributed by atoms with Crippen LogP contribution in [0.3, 0.4) is 0 Å². The first-order chi connectivity index (χ1) is 12.7. The van der Waals surface area contributed by atoms with Crippen LogP contribution in [-0.2, 0) is 7.05 Å². The largest absolute Gasteiger partial charge is 0.496 e. The Bertz CT molecular complexity index is 1210. The van der Waals surface area contributed by atoms with E-state index < -0.39 is 11.5 Å². The molecule has 0 saturated carbocycles. The molecule has 8 nitrogen and oxygen atoms in total. The summed E-state index contributed by atoms with van der Waals surface area (Å²) in [5, 5.41) is 9.55. The van der Waals surface area contributed by atoms with Crippen molar-refractivity contribution in [1.29, 1.82) is 5.26 Å². The van der Waals surface area contributed by atoms with Gasteiger partial charge in [0.05, 0.1) is 18.4 Å². The summed E-state index contributed by atoms with van der Waals surface area (Å²) in [5.74, 6) is -0.112. The molecule has 4 N–H and O–H groups in total. The van der Waals surface area contributed by atoms with E-state index in [1.807, 2.05) is 32.0 Å². The number of ether oxygens (including phenoxy) is 1. The Labute approximate surface area is 155 Å². The lowest BCUT2D eigenvalue weighted by Crippen LogP contribution is -2.22. The van der Waals surface area contributed by atoms with Crippen molar-refractivity contribution in [3.8, 4) is 17.5 Å². The van der Waals surface area contributed by atoms with E-state index in [-0.39, 0.29) is 28.0 Å². The van der Waals surface area contributed by atoms with E-state index in [1.165, 1.54) is 22.2 Å². The third-order valence-electron chi connectivity index (χ3n) is 4.78. The molecule has 0 aliphatic rings. The molecule has 3 aromatic rings. The fourth-order valence-electron chi connectivity index (χ4n) is 3.44. The number of primary amides is 1. The second kappa shape index (κ2) is 6.21. The summed E-state index contributed by atoms with van der Waals surface area (Å²) in [6.07, 6.45) is 0. The van der Waals surface area contributed by atoms with E-state index in [0.717, 1.165) is 11.1 Å². The second-order valence-electron chi connectivity index (χ2n) is 6.29. The summed E-state index contributed by atoms with van der Waals surface area (Å²) in [7, 11) is 3.04. The number of nitrogens with zero attached hydrogens (tertiary/aromatic N) is 3. The Morgan fingerprint density at radius 2 is 1.96 bits per heavy atom. The van der Waals surface area contributed by atoms with Crippen molar-refractivity contribution in [2.75, 3.05) is 12.8 Å². The number of benzene rings is 1. The molecule has 0 radical (unpaired) electrons. The number of carbonyl (C=O) groups excluding carboxylic acids is 1. The number of aryl methyl sites for hydroxylation is 1. The fourth-order valence-corrected chi connectivity index (χ4v) is 3.44. The van der Waals surface area contributed by atoms with E-state index in [4.69, 9.17) is 16.2 Å². The van der Waals surface area contributed by atoms with Gasteiger partial charge in [-0.15, -0.1) is 0 Å². The van der Waals surface area contributed by atoms with Gasteiger partial charge < -0.3 is 20.8 Å². The van der Waals surface area contributed by atoms with Crippen LogP contribution in [0.15, 0.2) is 23.0 Å². The molecule has 0 aliphatic heterocycles. The van der Waals surface area contributed by atoms with Crippen molar-refractivity contribution in [2.24, 2.45) is 12.8 Å². The lowest BCUT2D eigenvalue weighted by Gasteiger charge is -2.17. The number of methoxy groups -OCH3 is 1. The second-order valence-corrected chi connectivity index (χ2v) is 6.29. The number of nitriles is 1. The van der Waals surface area contributed by atoms with E-state index in [9.17, 15) is 14.9 Å². The predicted molar refractivity (Wildman–Crippen MR) is 102 cm³/mol. The summed E-state index contributed by atoms with van der Waals surface area (Å²) >= 11 is 0. The first-order valence-electron chi connectivity index (χ1n) is 8.12. The number of pyridine rings is 1. The number of aromatic nitrogens is 2. The van der Waals surface area contributed by atoms with Crippen molar-refractivity contribution >= 4 is 22.6 Å². The number of hydrogen-bond donors (Lipinski definition) is 2. The van der Waals surface area contributed by atoms with Gasteiger partial charge in [0.25, 0.3) is 11.5 Å². The Kier molecular flexibility index (Phi) is 4.16. The van der Waals surface area contributed by atoms with Gasteiger partial charge in [-0.05, 0) is 31.5 Å². The number of amides is 1. The van der Waals surface area contributed by atoms with Crippen molar-refractivity contribution in [3.63, 3.8) is 0 Å². The molecule has 0 atom stereocenters. The minimum atomic E-state index is -0.772. The smallest absolute Gasteiger partial charge is 0.276 e. The van der Waals surface area contributed by atoms with E-state index in [0.29, 0.717) is 11.4 Å². The molecule has 1 amide bonds. The van der Waals surface area contributed by atoms with Gasteiger partial charge in [0.2, 0.25) is 0 Å². The van der Waals surface area contributed by atoms with Crippen LogP contribution in [0.5, 0.6) is 5.75 Å². The van der Waals surface area contributed by atoms with Crippen LogP contribution >= 0.6 is 0 Å². The Balaban J connectivity index is 2.63. The molecule has 0 fully saturated rings.